The molecule has 0 aliphatic carbocycles. The highest BCUT2D eigenvalue weighted by atomic mass is 16.2. The van der Waals surface area contributed by atoms with E-state index >= 15 is 0 Å². The lowest BCUT2D eigenvalue weighted by Gasteiger charge is -2.34. The Morgan fingerprint density at radius 3 is 2.80 bits per heavy atom. The third-order valence-electron chi connectivity index (χ3n) is 5.18. The molecule has 2 N–H and O–H groups in total. The molecule has 1 aromatic heterocycles. The zero-order chi connectivity index (χ0) is 17.8. The zero-order valence-corrected chi connectivity index (χ0v) is 15.2. The summed E-state index contributed by atoms with van der Waals surface area (Å²) in [5.41, 5.74) is 9.00. The number of piperidine rings is 1. The lowest BCUT2D eigenvalue weighted by molar-refractivity contribution is 0.0659. The normalized spacial score (nSPS) is 19.0. The van der Waals surface area contributed by atoms with Crippen molar-refractivity contribution in [1.29, 1.82) is 0 Å². The number of likely N-dealkylation sites (tertiary alicyclic amines) is 1. The highest BCUT2D eigenvalue weighted by Gasteiger charge is 2.28. The summed E-state index contributed by atoms with van der Waals surface area (Å²) >= 11 is 0. The minimum atomic E-state index is 0.0986. The van der Waals surface area contributed by atoms with Gasteiger partial charge in [0.05, 0.1) is 24.0 Å². The van der Waals surface area contributed by atoms with Crippen LogP contribution in [0.2, 0.25) is 0 Å². The molecule has 5 heteroatoms. The molecule has 1 aliphatic heterocycles. The van der Waals surface area contributed by atoms with Crippen molar-refractivity contribution < 1.29 is 4.79 Å². The molecule has 0 spiro atoms. The summed E-state index contributed by atoms with van der Waals surface area (Å²) in [6.07, 6.45) is 4.66. The highest BCUT2D eigenvalue weighted by Crippen LogP contribution is 2.22. The van der Waals surface area contributed by atoms with Crippen LogP contribution < -0.4 is 5.73 Å². The van der Waals surface area contributed by atoms with Crippen molar-refractivity contribution in [2.75, 3.05) is 13.1 Å². The van der Waals surface area contributed by atoms with E-state index in [1.807, 2.05) is 34.7 Å². The van der Waals surface area contributed by atoms with Crippen molar-refractivity contribution in [3.63, 3.8) is 0 Å². The van der Waals surface area contributed by atoms with E-state index < -0.39 is 0 Å². The van der Waals surface area contributed by atoms with E-state index in [2.05, 4.69) is 24.2 Å². The smallest absolute Gasteiger partial charge is 0.257 e. The Labute approximate surface area is 149 Å². The minimum absolute atomic E-state index is 0.0986. The van der Waals surface area contributed by atoms with E-state index in [0.29, 0.717) is 12.5 Å². The summed E-state index contributed by atoms with van der Waals surface area (Å²) < 4.78 is 1.95. The largest absolute Gasteiger partial charge is 0.338 e. The van der Waals surface area contributed by atoms with Gasteiger partial charge in [0.2, 0.25) is 0 Å². The number of amides is 1. The first-order valence-corrected chi connectivity index (χ1v) is 9.23. The van der Waals surface area contributed by atoms with Gasteiger partial charge >= 0.3 is 0 Å². The standard InChI is InChI=1S/C20H28N4O/c1-3-19-18(12-22-24(19)13-16-8-5-4-6-9-16)20(25)23-11-7-10-17(14-23)15(2)21/h4-6,8-9,12,15,17H,3,7,10-11,13-14,21H2,1-2H3/t15-,17+/m1/s1. The van der Waals surface area contributed by atoms with Crippen molar-refractivity contribution in [3.05, 3.63) is 53.3 Å². The van der Waals surface area contributed by atoms with Crippen molar-refractivity contribution in [1.82, 2.24) is 14.7 Å². The minimum Gasteiger partial charge on any atom is -0.338 e. The van der Waals surface area contributed by atoms with Crippen LogP contribution in [-0.4, -0.2) is 39.7 Å². The SMILES string of the molecule is CCc1c(C(=O)N2CCC[C@H]([C@@H](C)N)C2)cnn1Cc1ccccc1. The van der Waals surface area contributed by atoms with Gasteiger partial charge < -0.3 is 10.6 Å². The van der Waals surface area contributed by atoms with E-state index in [9.17, 15) is 4.79 Å². The molecule has 5 nitrogen and oxygen atoms in total. The maximum atomic E-state index is 13.0. The Morgan fingerprint density at radius 2 is 2.12 bits per heavy atom. The molecule has 2 atom stereocenters. The van der Waals surface area contributed by atoms with Crippen molar-refractivity contribution in [2.24, 2.45) is 11.7 Å². The number of rotatable bonds is 5. The lowest BCUT2D eigenvalue weighted by atomic mass is 9.92. The van der Waals surface area contributed by atoms with Crippen molar-refractivity contribution >= 4 is 5.91 Å². The summed E-state index contributed by atoms with van der Waals surface area (Å²) in [6, 6.07) is 10.4. The second-order valence-corrected chi connectivity index (χ2v) is 7.01. The first-order chi connectivity index (χ1) is 12.1. The number of hydrogen-bond acceptors (Lipinski definition) is 3. The Morgan fingerprint density at radius 1 is 1.36 bits per heavy atom. The van der Waals surface area contributed by atoms with Gasteiger partial charge in [-0.15, -0.1) is 0 Å². The topological polar surface area (TPSA) is 64.2 Å². The van der Waals surface area contributed by atoms with Gasteiger partial charge in [-0.3, -0.25) is 9.48 Å². The molecule has 3 rings (SSSR count). The zero-order valence-electron chi connectivity index (χ0n) is 15.2. The molecule has 2 heterocycles. The Kier molecular flexibility index (Phi) is 5.53. The van der Waals surface area contributed by atoms with Crippen LogP contribution in [0.4, 0.5) is 0 Å². The predicted molar refractivity (Wildman–Crippen MR) is 99.4 cm³/mol. The molecule has 0 unspecified atom stereocenters. The van der Waals surface area contributed by atoms with Crippen LogP contribution in [-0.2, 0) is 13.0 Å². The quantitative estimate of drug-likeness (QED) is 0.910. The molecule has 1 aliphatic rings. The summed E-state index contributed by atoms with van der Waals surface area (Å²) in [5.74, 6) is 0.489. The summed E-state index contributed by atoms with van der Waals surface area (Å²) in [6.45, 7) is 6.38. The monoisotopic (exact) mass is 340 g/mol. The molecule has 0 bridgehead atoms. The Bertz CT molecular complexity index is 708. The number of hydrogen-bond donors (Lipinski definition) is 1. The van der Waals surface area contributed by atoms with Crippen LogP contribution >= 0.6 is 0 Å². The fourth-order valence-electron chi connectivity index (χ4n) is 3.65. The third kappa shape index (κ3) is 3.93. The van der Waals surface area contributed by atoms with Crippen LogP contribution in [0.1, 0.15) is 48.3 Å². The average Bonchev–Trinajstić information content (AvgIpc) is 3.04. The molecular formula is C20H28N4O. The third-order valence-corrected chi connectivity index (χ3v) is 5.18. The summed E-state index contributed by atoms with van der Waals surface area (Å²) in [5, 5.41) is 4.50. The molecule has 0 saturated carbocycles. The summed E-state index contributed by atoms with van der Waals surface area (Å²) in [7, 11) is 0. The lowest BCUT2D eigenvalue weighted by Crippen LogP contribution is -2.45. The van der Waals surface area contributed by atoms with Crippen LogP contribution in [0.5, 0.6) is 0 Å². The number of aromatic nitrogens is 2. The van der Waals surface area contributed by atoms with Crippen molar-refractivity contribution in [2.45, 2.75) is 45.7 Å². The molecule has 1 amide bonds. The molecule has 134 valence electrons. The van der Waals surface area contributed by atoms with Gasteiger partial charge in [0.25, 0.3) is 5.91 Å². The van der Waals surface area contributed by atoms with Gasteiger partial charge in [-0.2, -0.15) is 5.10 Å². The Hall–Kier alpha value is -2.14. The summed E-state index contributed by atoms with van der Waals surface area (Å²) in [4.78, 5) is 15.0. The van der Waals surface area contributed by atoms with Crippen LogP contribution in [0.15, 0.2) is 36.5 Å². The molecular weight excluding hydrogens is 312 g/mol. The second kappa shape index (κ2) is 7.83. The first kappa shape index (κ1) is 17.7. The maximum absolute atomic E-state index is 13.0. The van der Waals surface area contributed by atoms with Crippen molar-refractivity contribution in [3.8, 4) is 0 Å². The first-order valence-electron chi connectivity index (χ1n) is 9.23. The maximum Gasteiger partial charge on any atom is 0.257 e. The van der Waals surface area contributed by atoms with Gasteiger partial charge in [-0.1, -0.05) is 37.3 Å². The van der Waals surface area contributed by atoms with Gasteiger partial charge in [0, 0.05) is 19.1 Å². The molecule has 25 heavy (non-hydrogen) atoms. The molecule has 1 saturated heterocycles. The number of carbonyl (C=O) groups excluding carboxylic acids is 1. The highest BCUT2D eigenvalue weighted by molar-refractivity contribution is 5.95. The average molecular weight is 340 g/mol. The van der Waals surface area contributed by atoms with E-state index in [4.69, 9.17) is 5.73 Å². The molecule has 0 radical (unpaired) electrons. The van der Waals surface area contributed by atoms with Crippen LogP contribution in [0.25, 0.3) is 0 Å². The van der Waals surface area contributed by atoms with E-state index in [1.165, 1.54) is 5.56 Å². The number of nitrogens with two attached hydrogens (primary N) is 1. The number of nitrogens with zero attached hydrogens (tertiary/aromatic N) is 3. The van der Waals surface area contributed by atoms with Crippen LogP contribution in [0.3, 0.4) is 0 Å². The van der Waals surface area contributed by atoms with E-state index in [1.54, 1.807) is 6.20 Å². The fourth-order valence-corrected chi connectivity index (χ4v) is 3.65. The second-order valence-electron chi connectivity index (χ2n) is 7.01. The number of benzene rings is 1. The fraction of sp³-hybridized carbons (Fsp3) is 0.500. The molecule has 2 aromatic rings. The van der Waals surface area contributed by atoms with Gasteiger partial charge in [0.1, 0.15) is 0 Å². The van der Waals surface area contributed by atoms with Gasteiger partial charge in [0.15, 0.2) is 0 Å². The van der Waals surface area contributed by atoms with Gasteiger partial charge in [-0.25, -0.2) is 0 Å². The van der Waals surface area contributed by atoms with Gasteiger partial charge in [-0.05, 0) is 37.7 Å². The van der Waals surface area contributed by atoms with E-state index in [-0.39, 0.29) is 11.9 Å². The molecule has 1 fully saturated rings. The Balaban J connectivity index is 1.79. The predicted octanol–water partition coefficient (Wildman–Crippen LogP) is 2.69. The molecule has 1 aromatic carbocycles. The van der Waals surface area contributed by atoms with Crippen LogP contribution in [0, 0.1) is 5.92 Å². The number of carbonyl (C=O) groups is 1. The van der Waals surface area contributed by atoms with E-state index in [0.717, 1.165) is 43.6 Å².